The highest BCUT2D eigenvalue weighted by Gasteiger charge is 2.19. The van der Waals surface area contributed by atoms with Crippen LogP contribution in [0.3, 0.4) is 0 Å². The molecule has 1 N–H and O–H groups in total. The van der Waals surface area contributed by atoms with Gasteiger partial charge in [0.15, 0.2) is 11.5 Å². The maximum atomic E-state index is 6.22. The Morgan fingerprint density at radius 3 is 1.37 bits per heavy atom. The van der Waals surface area contributed by atoms with Crippen molar-refractivity contribution in [3.63, 3.8) is 0 Å². The fourth-order valence-electron chi connectivity index (χ4n) is 3.23. The SMILES string of the molecule is CCN(CC)c1ccc2c(c1)Oc1cc(N(CC)CC)ccc1N2.Cl.Cl.Cl. The monoisotopic (exact) mass is 433 g/mol. The van der Waals surface area contributed by atoms with Gasteiger partial charge in [0.05, 0.1) is 11.4 Å². The summed E-state index contributed by atoms with van der Waals surface area (Å²) in [6, 6.07) is 12.8. The van der Waals surface area contributed by atoms with Crippen molar-refractivity contribution >= 4 is 60.0 Å². The molecular formula is C20H30Cl3N3O. The van der Waals surface area contributed by atoms with Crippen molar-refractivity contribution < 1.29 is 4.74 Å². The van der Waals surface area contributed by atoms with Crippen LogP contribution < -0.4 is 19.9 Å². The minimum atomic E-state index is 0. The van der Waals surface area contributed by atoms with E-state index in [4.69, 9.17) is 4.74 Å². The lowest BCUT2D eigenvalue weighted by Gasteiger charge is -2.27. The highest BCUT2D eigenvalue weighted by atomic mass is 35.5. The fraction of sp³-hybridized carbons (Fsp3) is 0.400. The molecule has 1 heterocycles. The van der Waals surface area contributed by atoms with Crippen LogP contribution in [0.1, 0.15) is 27.7 Å². The second kappa shape index (κ2) is 11.4. The van der Waals surface area contributed by atoms with Crippen molar-refractivity contribution in [2.24, 2.45) is 0 Å². The van der Waals surface area contributed by atoms with Crippen molar-refractivity contribution in [3.05, 3.63) is 36.4 Å². The molecule has 0 aromatic heterocycles. The van der Waals surface area contributed by atoms with Gasteiger partial charge in [-0.25, -0.2) is 0 Å². The Bertz CT molecular complexity index is 660. The molecule has 4 nitrogen and oxygen atoms in total. The van der Waals surface area contributed by atoms with Gasteiger partial charge in [0.1, 0.15) is 0 Å². The first kappa shape index (κ1) is 25.5. The van der Waals surface area contributed by atoms with Gasteiger partial charge in [-0.05, 0) is 52.0 Å². The number of rotatable bonds is 6. The summed E-state index contributed by atoms with van der Waals surface area (Å²) in [6.45, 7) is 12.7. The summed E-state index contributed by atoms with van der Waals surface area (Å²) in [4.78, 5) is 4.65. The van der Waals surface area contributed by atoms with E-state index in [0.29, 0.717) is 0 Å². The molecule has 0 spiro atoms. The van der Waals surface area contributed by atoms with Gasteiger partial charge in [-0.3, -0.25) is 0 Å². The average molecular weight is 435 g/mol. The minimum Gasteiger partial charge on any atom is -0.453 e. The van der Waals surface area contributed by atoms with Crippen LogP contribution >= 0.6 is 37.2 Å². The predicted molar refractivity (Wildman–Crippen MR) is 125 cm³/mol. The Labute approximate surface area is 181 Å². The quantitative estimate of drug-likeness (QED) is 0.479. The number of halogens is 3. The van der Waals surface area contributed by atoms with Crippen LogP contribution in [0.15, 0.2) is 36.4 Å². The number of anilines is 4. The lowest BCUT2D eigenvalue weighted by molar-refractivity contribution is 0.481. The van der Waals surface area contributed by atoms with E-state index < -0.39 is 0 Å². The molecular weight excluding hydrogens is 405 g/mol. The Morgan fingerprint density at radius 1 is 0.667 bits per heavy atom. The first-order chi connectivity index (χ1) is 11.7. The number of nitrogens with zero attached hydrogens (tertiary/aromatic N) is 2. The molecule has 1 aliphatic rings. The topological polar surface area (TPSA) is 27.7 Å². The number of benzene rings is 2. The molecule has 0 amide bonds. The molecule has 7 heteroatoms. The molecule has 27 heavy (non-hydrogen) atoms. The summed E-state index contributed by atoms with van der Waals surface area (Å²) in [5, 5.41) is 3.48. The number of ether oxygens (including phenoxy) is 1. The van der Waals surface area contributed by atoms with Gasteiger partial charge in [-0.15, -0.1) is 37.2 Å². The van der Waals surface area contributed by atoms with E-state index in [1.807, 2.05) is 0 Å². The molecule has 1 aliphatic heterocycles. The number of fused-ring (bicyclic) bond motifs is 2. The molecule has 152 valence electrons. The lowest BCUT2D eigenvalue weighted by Crippen LogP contribution is -2.22. The standard InChI is InChI=1S/C20H27N3O.3ClH/c1-5-22(6-2)15-9-11-17-19(13-15)24-20-14-16(23(7-3)8-4)10-12-18(20)21-17;;;/h9-14,21H,5-8H2,1-4H3;3*1H. The van der Waals surface area contributed by atoms with Crippen LogP contribution in [0.25, 0.3) is 0 Å². The second-order valence-electron chi connectivity index (χ2n) is 5.93. The van der Waals surface area contributed by atoms with Crippen LogP contribution in [0.2, 0.25) is 0 Å². The van der Waals surface area contributed by atoms with Crippen molar-refractivity contribution in [1.29, 1.82) is 0 Å². The second-order valence-corrected chi connectivity index (χ2v) is 5.93. The Balaban J connectivity index is 0.00000225. The Morgan fingerprint density at radius 2 is 1.04 bits per heavy atom. The Kier molecular flexibility index (Phi) is 10.7. The summed E-state index contributed by atoms with van der Waals surface area (Å²) in [5.74, 6) is 1.78. The van der Waals surface area contributed by atoms with E-state index in [2.05, 4.69) is 79.2 Å². The van der Waals surface area contributed by atoms with Gasteiger partial charge in [0, 0.05) is 49.7 Å². The molecule has 2 aromatic rings. The summed E-state index contributed by atoms with van der Waals surface area (Å²) < 4.78 is 6.22. The van der Waals surface area contributed by atoms with Crippen LogP contribution in [0.4, 0.5) is 22.7 Å². The maximum Gasteiger partial charge on any atom is 0.153 e. The zero-order valence-electron chi connectivity index (χ0n) is 16.3. The zero-order valence-corrected chi connectivity index (χ0v) is 18.8. The molecule has 2 aromatic carbocycles. The van der Waals surface area contributed by atoms with Crippen LogP contribution in [0, 0.1) is 0 Å². The number of nitrogens with one attached hydrogen (secondary N) is 1. The van der Waals surface area contributed by atoms with Gasteiger partial charge in [-0.2, -0.15) is 0 Å². The van der Waals surface area contributed by atoms with Crippen molar-refractivity contribution in [2.45, 2.75) is 27.7 Å². The van der Waals surface area contributed by atoms with Crippen LogP contribution in [0.5, 0.6) is 11.5 Å². The third-order valence-electron chi connectivity index (χ3n) is 4.68. The summed E-state index contributed by atoms with van der Waals surface area (Å²) in [7, 11) is 0. The van der Waals surface area contributed by atoms with Gasteiger partial charge in [-0.1, -0.05) is 0 Å². The molecule has 3 rings (SSSR count). The fourth-order valence-corrected chi connectivity index (χ4v) is 3.23. The van der Waals surface area contributed by atoms with Gasteiger partial charge in [0.25, 0.3) is 0 Å². The zero-order chi connectivity index (χ0) is 17.1. The molecule has 0 aliphatic carbocycles. The molecule has 0 saturated heterocycles. The van der Waals surface area contributed by atoms with Crippen LogP contribution in [-0.4, -0.2) is 26.2 Å². The van der Waals surface area contributed by atoms with E-state index in [-0.39, 0.29) is 37.2 Å². The first-order valence-corrected chi connectivity index (χ1v) is 8.92. The smallest absolute Gasteiger partial charge is 0.153 e. The lowest BCUT2D eigenvalue weighted by atomic mass is 10.1. The number of hydrogen-bond acceptors (Lipinski definition) is 4. The third kappa shape index (κ3) is 5.28. The van der Waals surface area contributed by atoms with Crippen molar-refractivity contribution in [3.8, 4) is 11.5 Å². The van der Waals surface area contributed by atoms with E-state index in [9.17, 15) is 0 Å². The minimum absolute atomic E-state index is 0. The molecule has 0 saturated carbocycles. The van der Waals surface area contributed by atoms with Gasteiger partial charge < -0.3 is 19.9 Å². The normalized spacial score (nSPS) is 10.5. The summed E-state index contributed by atoms with van der Waals surface area (Å²) in [6.07, 6.45) is 0. The first-order valence-electron chi connectivity index (χ1n) is 8.92. The van der Waals surface area contributed by atoms with E-state index in [1.54, 1.807) is 0 Å². The number of hydrogen-bond donors (Lipinski definition) is 1. The van der Waals surface area contributed by atoms with Crippen molar-refractivity contribution in [1.82, 2.24) is 0 Å². The maximum absolute atomic E-state index is 6.22. The highest BCUT2D eigenvalue weighted by Crippen LogP contribution is 2.44. The summed E-state index contributed by atoms with van der Waals surface area (Å²) in [5.41, 5.74) is 4.44. The van der Waals surface area contributed by atoms with E-state index in [1.165, 1.54) is 11.4 Å². The molecule has 0 radical (unpaired) electrons. The van der Waals surface area contributed by atoms with E-state index >= 15 is 0 Å². The van der Waals surface area contributed by atoms with Crippen LogP contribution in [-0.2, 0) is 0 Å². The summed E-state index contributed by atoms with van der Waals surface area (Å²) >= 11 is 0. The largest absolute Gasteiger partial charge is 0.453 e. The molecule has 0 bridgehead atoms. The van der Waals surface area contributed by atoms with Gasteiger partial charge in [0.2, 0.25) is 0 Å². The third-order valence-corrected chi connectivity index (χ3v) is 4.68. The van der Waals surface area contributed by atoms with E-state index in [0.717, 1.165) is 49.1 Å². The average Bonchev–Trinajstić information content (AvgIpc) is 2.62. The predicted octanol–water partition coefficient (Wildman–Crippen LogP) is 6.49. The Hall–Kier alpha value is -1.49. The highest BCUT2D eigenvalue weighted by molar-refractivity contribution is 5.86. The van der Waals surface area contributed by atoms with Gasteiger partial charge >= 0.3 is 0 Å². The molecule has 0 fully saturated rings. The van der Waals surface area contributed by atoms with Crippen molar-refractivity contribution in [2.75, 3.05) is 41.3 Å². The molecule has 0 atom stereocenters. The molecule has 0 unspecified atom stereocenters.